The van der Waals surface area contributed by atoms with Gasteiger partial charge in [0.15, 0.2) is 0 Å². The average Bonchev–Trinajstić information content (AvgIpc) is 2.25. The summed E-state index contributed by atoms with van der Waals surface area (Å²) in [4.78, 5) is 0. The van der Waals surface area contributed by atoms with Gasteiger partial charge in [-0.05, 0) is 31.0 Å². The monoisotopic (exact) mass is 192 g/mol. The van der Waals surface area contributed by atoms with E-state index in [1.807, 2.05) is 6.07 Å². The predicted octanol–water partition coefficient (Wildman–Crippen LogP) is 1.76. The molecule has 0 spiro atoms. The standard InChI is InChI=1S/C12H20N2/c1-11(9-13)7-8-14-10-12-5-3-2-4-6-12/h2-6,11,14H,7-10,13H2,1H3/t11-/m1/s1. The van der Waals surface area contributed by atoms with E-state index < -0.39 is 0 Å². The van der Waals surface area contributed by atoms with E-state index in [0.717, 1.165) is 26.1 Å². The summed E-state index contributed by atoms with van der Waals surface area (Å²) in [6.45, 7) is 4.97. The maximum Gasteiger partial charge on any atom is 0.0205 e. The summed E-state index contributed by atoms with van der Waals surface area (Å²) in [6.07, 6.45) is 1.16. The second kappa shape index (κ2) is 6.57. The van der Waals surface area contributed by atoms with Crippen LogP contribution in [0, 0.1) is 5.92 Å². The van der Waals surface area contributed by atoms with E-state index in [4.69, 9.17) is 5.73 Å². The molecule has 0 saturated carbocycles. The highest BCUT2D eigenvalue weighted by molar-refractivity contribution is 5.14. The second-order valence-electron chi connectivity index (χ2n) is 3.79. The molecular weight excluding hydrogens is 172 g/mol. The van der Waals surface area contributed by atoms with Crippen LogP contribution in [0.5, 0.6) is 0 Å². The van der Waals surface area contributed by atoms with Gasteiger partial charge in [-0.25, -0.2) is 0 Å². The lowest BCUT2D eigenvalue weighted by Gasteiger charge is -2.09. The molecule has 14 heavy (non-hydrogen) atoms. The lowest BCUT2D eigenvalue weighted by Crippen LogP contribution is -2.20. The van der Waals surface area contributed by atoms with Crippen LogP contribution in [0.15, 0.2) is 30.3 Å². The molecule has 0 fully saturated rings. The summed E-state index contributed by atoms with van der Waals surface area (Å²) in [5, 5.41) is 3.41. The van der Waals surface area contributed by atoms with Crippen molar-refractivity contribution >= 4 is 0 Å². The molecule has 0 amide bonds. The topological polar surface area (TPSA) is 38.0 Å². The Morgan fingerprint density at radius 1 is 1.29 bits per heavy atom. The van der Waals surface area contributed by atoms with Gasteiger partial charge in [0.2, 0.25) is 0 Å². The van der Waals surface area contributed by atoms with Crippen LogP contribution in [0.1, 0.15) is 18.9 Å². The molecule has 78 valence electrons. The van der Waals surface area contributed by atoms with Gasteiger partial charge in [-0.2, -0.15) is 0 Å². The number of hydrogen-bond donors (Lipinski definition) is 2. The second-order valence-corrected chi connectivity index (χ2v) is 3.79. The third-order valence-electron chi connectivity index (χ3n) is 2.39. The van der Waals surface area contributed by atoms with E-state index >= 15 is 0 Å². The molecule has 0 aliphatic heterocycles. The van der Waals surface area contributed by atoms with Crippen LogP contribution in [-0.2, 0) is 6.54 Å². The molecule has 2 nitrogen and oxygen atoms in total. The summed E-state index contributed by atoms with van der Waals surface area (Å²) >= 11 is 0. The Balaban J connectivity index is 2.10. The zero-order valence-corrected chi connectivity index (χ0v) is 8.87. The van der Waals surface area contributed by atoms with Crippen molar-refractivity contribution in [2.75, 3.05) is 13.1 Å². The number of nitrogens with one attached hydrogen (secondary N) is 1. The van der Waals surface area contributed by atoms with E-state index in [0.29, 0.717) is 5.92 Å². The SMILES string of the molecule is C[C@@H](CN)CCNCc1ccccc1. The highest BCUT2D eigenvalue weighted by Crippen LogP contribution is 1.99. The molecule has 1 aromatic carbocycles. The first kappa shape index (κ1) is 11.2. The predicted molar refractivity (Wildman–Crippen MR) is 61.0 cm³/mol. The normalized spacial score (nSPS) is 12.7. The molecule has 0 saturated heterocycles. The van der Waals surface area contributed by atoms with Crippen molar-refractivity contribution in [1.29, 1.82) is 0 Å². The quantitative estimate of drug-likeness (QED) is 0.674. The van der Waals surface area contributed by atoms with E-state index in [9.17, 15) is 0 Å². The minimum atomic E-state index is 0.623. The molecule has 1 aromatic rings. The summed E-state index contributed by atoms with van der Waals surface area (Å²) < 4.78 is 0. The first-order chi connectivity index (χ1) is 6.83. The fraction of sp³-hybridized carbons (Fsp3) is 0.500. The molecule has 1 rings (SSSR count). The lowest BCUT2D eigenvalue weighted by molar-refractivity contribution is 0.509. The maximum atomic E-state index is 5.54. The molecule has 1 atom stereocenters. The van der Waals surface area contributed by atoms with Gasteiger partial charge in [-0.15, -0.1) is 0 Å². The van der Waals surface area contributed by atoms with Crippen molar-refractivity contribution in [2.24, 2.45) is 11.7 Å². The van der Waals surface area contributed by atoms with Crippen LogP contribution < -0.4 is 11.1 Å². The van der Waals surface area contributed by atoms with E-state index in [1.54, 1.807) is 0 Å². The average molecular weight is 192 g/mol. The number of benzene rings is 1. The Bertz CT molecular complexity index is 233. The van der Waals surface area contributed by atoms with Gasteiger partial charge in [0.25, 0.3) is 0 Å². The van der Waals surface area contributed by atoms with Gasteiger partial charge in [0.05, 0.1) is 0 Å². The Morgan fingerprint density at radius 3 is 2.64 bits per heavy atom. The Morgan fingerprint density at radius 2 is 2.00 bits per heavy atom. The minimum absolute atomic E-state index is 0.623. The molecule has 0 aliphatic carbocycles. The van der Waals surface area contributed by atoms with Crippen LogP contribution in [-0.4, -0.2) is 13.1 Å². The van der Waals surface area contributed by atoms with Crippen molar-refractivity contribution in [3.05, 3.63) is 35.9 Å². The number of rotatable bonds is 6. The first-order valence-corrected chi connectivity index (χ1v) is 5.27. The molecule has 2 heteroatoms. The molecule has 0 radical (unpaired) electrons. The Labute approximate surface area is 86.5 Å². The molecule has 0 aliphatic rings. The maximum absolute atomic E-state index is 5.54. The highest BCUT2D eigenvalue weighted by atomic mass is 14.8. The summed E-state index contributed by atoms with van der Waals surface area (Å²) in [6, 6.07) is 10.5. The van der Waals surface area contributed by atoms with Crippen molar-refractivity contribution in [3.63, 3.8) is 0 Å². The molecule has 0 unspecified atom stereocenters. The number of nitrogens with two attached hydrogens (primary N) is 1. The largest absolute Gasteiger partial charge is 0.330 e. The molecule has 3 N–H and O–H groups in total. The van der Waals surface area contributed by atoms with Gasteiger partial charge in [0.1, 0.15) is 0 Å². The van der Waals surface area contributed by atoms with Crippen LogP contribution >= 0.6 is 0 Å². The van der Waals surface area contributed by atoms with Gasteiger partial charge >= 0.3 is 0 Å². The van der Waals surface area contributed by atoms with Crippen molar-refractivity contribution in [1.82, 2.24) is 5.32 Å². The van der Waals surface area contributed by atoms with Gasteiger partial charge in [-0.1, -0.05) is 37.3 Å². The third-order valence-corrected chi connectivity index (χ3v) is 2.39. The Hall–Kier alpha value is -0.860. The smallest absolute Gasteiger partial charge is 0.0205 e. The van der Waals surface area contributed by atoms with Crippen LogP contribution in [0.3, 0.4) is 0 Å². The lowest BCUT2D eigenvalue weighted by atomic mass is 10.1. The highest BCUT2D eigenvalue weighted by Gasteiger charge is 1.97. The summed E-state index contributed by atoms with van der Waals surface area (Å²) in [5.41, 5.74) is 6.88. The zero-order valence-electron chi connectivity index (χ0n) is 8.87. The van der Waals surface area contributed by atoms with Gasteiger partial charge < -0.3 is 11.1 Å². The molecule has 0 aromatic heterocycles. The van der Waals surface area contributed by atoms with E-state index in [2.05, 4.69) is 36.5 Å². The van der Waals surface area contributed by atoms with E-state index in [-0.39, 0.29) is 0 Å². The van der Waals surface area contributed by atoms with Crippen LogP contribution in [0.2, 0.25) is 0 Å². The Kier molecular flexibility index (Phi) is 5.27. The molecule has 0 bridgehead atoms. The minimum Gasteiger partial charge on any atom is -0.330 e. The van der Waals surface area contributed by atoms with Crippen LogP contribution in [0.4, 0.5) is 0 Å². The fourth-order valence-corrected chi connectivity index (χ4v) is 1.29. The summed E-state index contributed by atoms with van der Waals surface area (Å²) in [5.74, 6) is 0.623. The molecular formula is C12H20N2. The van der Waals surface area contributed by atoms with Gasteiger partial charge in [0, 0.05) is 6.54 Å². The first-order valence-electron chi connectivity index (χ1n) is 5.27. The van der Waals surface area contributed by atoms with Crippen molar-refractivity contribution in [3.8, 4) is 0 Å². The van der Waals surface area contributed by atoms with Crippen molar-refractivity contribution < 1.29 is 0 Å². The van der Waals surface area contributed by atoms with Crippen molar-refractivity contribution in [2.45, 2.75) is 19.9 Å². The zero-order chi connectivity index (χ0) is 10.2. The van der Waals surface area contributed by atoms with Crippen LogP contribution in [0.25, 0.3) is 0 Å². The third kappa shape index (κ3) is 4.40. The molecule has 0 heterocycles. The van der Waals surface area contributed by atoms with Gasteiger partial charge in [-0.3, -0.25) is 0 Å². The fourth-order valence-electron chi connectivity index (χ4n) is 1.29. The van der Waals surface area contributed by atoms with E-state index in [1.165, 1.54) is 5.56 Å². The summed E-state index contributed by atoms with van der Waals surface area (Å²) in [7, 11) is 0. The number of hydrogen-bond acceptors (Lipinski definition) is 2.